The molecule has 2 aliphatic heterocycles. The Morgan fingerprint density at radius 3 is 2.65 bits per heavy atom. The highest BCUT2D eigenvalue weighted by Gasteiger charge is 2.43. The SMILES string of the molecule is COC(=O)c1nn(Cc2ccccc2F)cc1CCN[C@H]1COc2cc3c(cc2N(C)C1=O)CN(C(=O)C(F)(F)F)CC3. The van der Waals surface area contributed by atoms with Gasteiger partial charge in [0, 0.05) is 44.0 Å². The fraction of sp³-hybridized carbons (Fsp3) is 0.379. The van der Waals surface area contributed by atoms with Gasteiger partial charge in [0.1, 0.15) is 24.2 Å². The molecule has 2 aliphatic rings. The van der Waals surface area contributed by atoms with Gasteiger partial charge in [-0.3, -0.25) is 14.3 Å². The number of hydrogen-bond acceptors (Lipinski definition) is 7. The van der Waals surface area contributed by atoms with Crippen molar-refractivity contribution in [2.45, 2.75) is 38.1 Å². The third-order valence-corrected chi connectivity index (χ3v) is 7.51. The number of amides is 2. The molecule has 10 nitrogen and oxygen atoms in total. The normalized spacial score (nSPS) is 16.7. The number of rotatable bonds is 7. The van der Waals surface area contributed by atoms with Crippen molar-refractivity contribution in [2.75, 3.05) is 38.8 Å². The Morgan fingerprint density at radius 2 is 1.93 bits per heavy atom. The van der Waals surface area contributed by atoms with E-state index in [0.717, 1.165) is 10.5 Å². The number of hydrogen-bond donors (Lipinski definition) is 1. The second kappa shape index (κ2) is 12.0. The van der Waals surface area contributed by atoms with Crippen LogP contribution in [0.15, 0.2) is 42.6 Å². The number of esters is 1. The summed E-state index contributed by atoms with van der Waals surface area (Å²) in [4.78, 5) is 39.6. The summed E-state index contributed by atoms with van der Waals surface area (Å²) >= 11 is 0. The number of aromatic nitrogens is 2. The van der Waals surface area contributed by atoms with Crippen LogP contribution in [0.25, 0.3) is 0 Å². The van der Waals surface area contributed by atoms with Crippen LogP contribution in [-0.2, 0) is 40.3 Å². The number of halogens is 4. The number of nitrogens with zero attached hydrogens (tertiary/aromatic N) is 4. The Labute approximate surface area is 244 Å². The van der Waals surface area contributed by atoms with Crippen molar-refractivity contribution in [1.29, 1.82) is 0 Å². The van der Waals surface area contributed by atoms with Gasteiger partial charge in [-0.15, -0.1) is 0 Å². The van der Waals surface area contributed by atoms with Crippen LogP contribution in [0.1, 0.15) is 32.7 Å². The van der Waals surface area contributed by atoms with Gasteiger partial charge in [0.15, 0.2) is 5.69 Å². The van der Waals surface area contributed by atoms with Gasteiger partial charge in [-0.1, -0.05) is 18.2 Å². The van der Waals surface area contributed by atoms with Crippen molar-refractivity contribution < 1.29 is 41.4 Å². The highest BCUT2D eigenvalue weighted by Crippen LogP contribution is 2.36. The zero-order valence-corrected chi connectivity index (χ0v) is 23.4. The lowest BCUT2D eigenvalue weighted by Gasteiger charge is -2.30. The number of alkyl halides is 3. The van der Waals surface area contributed by atoms with Gasteiger partial charge >= 0.3 is 18.1 Å². The number of likely N-dealkylation sites (N-methyl/N-ethyl adjacent to an activating group) is 1. The van der Waals surface area contributed by atoms with E-state index in [4.69, 9.17) is 9.47 Å². The number of nitrogens with one attached hydrogen (secondary N) is 1. The van der Waals surface area contributed by atoms with Crippen LogP contribution < -0.4 is 15.0 Å². The van der Waals surface area contributed by atoms with Crippen molar-refractivity contribution in [3.05, 3.63) is 76.4 Å². The predicted molar refractivity (Wildman–Crippen MR) is 145 cm³/mol. The standard InChI is InChI=1S/C29H29F4N5O5/c1-36-23-11-20-13-37(28(41)29(31,32)33)10-8-17(20)12-24(23)43-16-22(26(36)39)34-9-7-19-15-38(35-25(19)27(40)42-2)14-18-5-3-4-6-21(18)30/h3-6,11-12,15,22,34H,7-10,13-14,16H2,1-2H3/t22-/m0/s1. The molecule has 0 saturated carbocycles. The molecule has 3 heterocycles. The molecule has 0 radical (unpaired) electrons. The number of anilines is 1. The molecule has 5 rings (SSSR count). The van der Waals surface area contributed by atoms with Crippen molar-refractivity contribution >= 4 is 23.5 Å². The smallest absolute Gasteiger partial charge is 0.471 e. The number of carbonyl (C=O) groups is 3. The Kier molecular flexibility index (Phi) is 8.40. The van der Waals surface area contributed by atoms with Crippen LogP contribution in [0.4, 0.5) is 23.2 Å². The molecule has 0 bridgehead atoms. The van der Waals surface area contributed by atoms with Crippen LogP contribution >= 0.6 is 0 Å². The summed E-state index contributed by atoms with van der Waals surface area (Å²) in [6.07, 6.45) is -2.82. The fourth-order valence-electron chi connectivity index (χ4n) is 5.22. The molecule has 2 amide bonds. The Balaban J connectivity index is 1.26. The molecule has 3 aromatic rings. The van der Waals surface area contributed by atoms with Gasteiger partial charge in [-0.2, -0.15) is 18.3 Å². The molecule has 0 aliphatic carbocycles. The van der Waals surface area contributed by atoms with Gasteiger partial charge < -0.3 is 24.6 Å². The maximum atomic E-state index is 14.1. The summed E-state index contributed by atoms with van der Waals surface area (Å²) in [5.41, 5.74) is 2.67. The third-order valence-electron chi connectivity index (χ3n) is 7.51. The Bertz CT molecular complexity index is 1560. The summed E-state index contributed by atoms with van der Waals surface area (Å²) in [7, 11) is 2.78. The average Bonchev–Trinajstić information content (AvgIpc) is 3.34. The van der Waals surface area contributed by atoms with E-state index in [2.05, 4.69) is 10.4 Å². The molecule has 228 valence electrons. The molecule has 0 fully saturated rings. The molecule has 1 N–H and O–H groups in total. The number of fused-ring (bicyclic) bond motifs is 2. The van der Waals surface area contributed by atoms with Crippen molar-refractivity contribution in [1.82, 2.24) is 20.0 Å². The number of methoxy groups -OCH3 is 1. The largest absolute Gasteiger partial charge is 0.489 e. The Morgan fingerprint density at radius 1 is 1.16 bits per heavy atom. The molecule has 14 heteroatoms. The first kappa shape index (κ1) is 30.0. The first-order valence-electron chi connectivity index (χ1n) is 13.5. The van der Waals surface area contributed by atoms with E-state index in [-0.39, 0.29) is 50.8 Å². The molecule has 43 heavy (non-hydrogen) atoms. The predicted octanol–water partition coefficient (Wildman–Crippen LogP) is 2.86. The first-order chi connectivity index (χ1) is 20.5. The summed E-state index contributed by atoms with van der Waals surface area (Å²) in [5.74, 6) is -2.86. The highest BCUT2D eigenvalue weighted by atomic mass is 19.4. The molecule has 0 unspecified atom stereocenters. The number of carbonyl (C=O) groups excluding carboxylic acids is 3. The minimum Gasteiger partial charge on any atom is -0.489 e. The third kappa shape index (κ3) is 6.33. The molecule has 0 saturated heterocycles. The lowest BCUT2D eigenvalue weighted by molar-refractivity contribution is -0.186. The van der Waals surface area contributed by atoms with Crippen LogP contribution in [0.2, 0.25) is 0 Å². The van der Waals surface area contributed by atoms with Crippen molar-refractivity contribution in [3.63, 3.8) is 0 Å². The first-order valence-corrected chi connectivity index (χ1v) is 13.5. The van der Waals surface area contributed by atoms with Gasteiger partial charge in [-0.05, 0) is 42.2 Å². The van der Waals surface area contributed by atoms with Gasteiger partial charge in [0.2, 0.25) is 5.91 Å². The van der Waals surface area contributed by atoms with Gasteiger partial charge in [-0.25, -0.2) is 9.18 Å². The summed E-state index contributed by atoms with van der Waals surface area (Å²) < 4.78 is 65.3. The summed E-state index contributed by atoms with van der Waals surface area (Å²) in [5, 5.41) is 7.42. The van der Waals surface area contributed by atoms with Gasteiger partial charge in [0.05, 0.1) is 19.3 Å². The monoisotopic (exact) mass is 603 g/mol. The quantitative estimate of drug-likeness (QED) is 0.327. The van der Waals surface area contributed by atoms with Crippen molar-refractivity contribution in [2.24, 2.45) is 0 Å². The highest BCUT2D eigenvalue weighted by molar-refractivity contribution is 5.99. The molecule has 0 spiro atoms. The van der Waals surface area contributed by atoms with E-state index in [1.165, 1.54) is 22.8 Å². The lowest BCUT2D eigenvalue weighted by Crippen LogP contribution is -2.47. The number of ether oxygens (including phenoxy) is 2. The van der Waals surface area contributed by atoms with Crippen molar-refractivity contribution in [3.8, 4) is 5.75 Å². The van der Waals surface area contributed by atoms with E-state index >= 15 is 0 Å². The zero-order chi connectivity index (χ0) is 30.9. The van der Waals surface area contributed by atoms with Crippen LogP contribution in [-0.4, -0.2) is 78.5 Å². The number of benzene rings is 2. The minimum atomic E-state index is -4.96. The Hall–Kier alpha value is -4.46. The van der Waals surface area contributed by atoms with Crippen LogP contribution in [0.5, 0.6) is 5.75 Å². The second-order valence-corrected chi connectivity index (χ2v) is 10.3. The maximum absolute atomic E-state index is 14.1. The van der Waals surface area contributed by atoms with Gasteiger partial charge in [0.25, 0.3) is 0 Å². The van der Waals surface area contributed by atoms with E-state index in [0.29, 0.717) is 34.5 Å². The second-order valence-electron chi connectivity index (χ2n) is 10.3. The van der Waals surface area contributed by atoms with Crippen LogP contribution in [0.3, 0.4) is 0 Å². The molecule has 2 aromatic carbocycles. The average molecular weight is 604 g/mol. The lowest BCUT2D eigenvalue weighted by atomic mass is 9.98. The molecule has 1 aromatic heterocycles. The maximum Gasteiger partial charge on any atom is 0.471 e. The van der Waals surface area contributed by atoms with E-state index < -0.39 is 29.9 Å². The zero-order valence-electron chi connectivity index (χ0n) is 23.4. The van der Waals surface area contributed by atoms with Crippen LogP contribution in [0, 0.1) is 5.82 Å². The van der Waals surface area contributed by atoms with E-state index in [1.807, 2.05) is 0 Å². The van der Waals surface area contributed by atoms with E-state index in [1.54, 1.807) is 43.6 Å². The van der Waals surface area contributed by atoms with E-state index in [9.17, 15) is 31.9 Å². The topological polar surface area (TPSA) is 106 Å². The summed E-state index contributed by atoms with van der Waals surface area (Å²) in [6, 6.07) is 8.77. The minimum absolute atomic E-state index is 0.00987. The molecular weight excluding hydrogens is 574 g/mol. The molecular formula is C29H29F4N5O5. The molecule has 1 atom stereocenters. The summed E-state index contributed by atoms with van der Waals surface area (Å²) in [6.45, 7) is 0.0495. The fourth-order valence-corrected chi connectivity index (χ4v) is 5.22.